The van der Waals surface area contributed by atoms with E-state index in [9.17, 15) is 0 Å². The summed E-state index contributed by atoms with van der Waals surface area (Å²) in [6.45, 7) is 4.35. The van der Waals surface area contributed by atoms with Gasteiger partial charge in [-0.05, 0) is 32.4 Å². The molecule has 0 amide bonds. The molecule has 1 rings (SSSR count). The standard InChI is InChI=1S/C10H22N2O2/c13-7-2-4-11-10-3-1-5-12(9-10)6-8-14/h10-11,13-14H,1-9H2. The van der Waals surface area contributed by atoms with Gasteiger partial charge in [-0.1, -0.05) is 0 Å². The van der Waals surface area contributed by atoms with Crippen LogP contribution in [0.1, 0.15) is 19.3 Å². The van der Waals surface area contributed by atoms with E-state index in [0.717, 1.165) is 32.6 Å². The van der Waals surface area contributed by atoms with E-state index < -0.39 is 0 Å². The highest BCUT2D eigenvalue weighted by Crippen LogP contribution is 2.09. The smallest absolute Gasteiger partial charge is 0.0558 e. The Morgan fingerprint density at radius 1 is 1.29 bits per heavy atom. The van der Waals surface area contributed by atoms with Crippen molar-refractivity contribution in [2.24, 2.45) is 0 Å². The summed E-state index contributed by atoms with van der Waals surface area (Å²) >= 11 is 0. The van der Waals surface area contributed by atoms with Crippen LogP contribution in [0.2, 0.25) is 0 Å². The molecule has 1 heterocycles. The van der Waals surface area contributed by atoms with Crippen LogP contribution in [0, 0.1) is 0 Å². The molecular weight excluding hydrogens is 180 g/mol. The van der Waals surface area contributed by atoms with Gasteiger partial charge in [0, 0.05) is 25.7 Å². The van der Waals surface area contributed by atoms with Crippen LogP contribution in [-0.2, 0) is 0 Å². The normalized spacial score (nSPS) is 24.0. The van der Waals surface area contributed by atoms with Gasteiger partial charge in [0.1, 0.15) is 0 Å². The Balaban J connectivity index is 2.12. The van der Waals surface area contributed by atoms with Crippen molar-refractivity contribution in [3.05, 3.63) is 0 Å². The van der Waals surface area contributed by atoms with Gasteiger partial charge in [-0.25, -0.2) is 0 Å². The summed E-state index contributed by atoms with van der Waals surface area (Å²) in [6.07, 6.45) is 3.25. The average molecular weight is 202 g/mol. The van der Waals surface area contributed by atoms with Gasteiger partial charge in [-0.15, -0.1) is 0 Å². The minimum absolute atomic E-state index is 0.253. The van der Waals surface area contributed by atoms with Gasteiger partial charge >= 0.3 is 0 Å². The number of aliphatic hydroxyl groups is 2. The predicted molar refractivity (Wildman–Crippen MR) is 56.3 cm³/mol. The first kappa shape index (κ1) is 11.9. The Morgan fingerprint density at radius 2 is 2.14 bits per heavy atom. The highest BCUT2D eigenvalue weighted by atomic mass is 16.3. The largest absolute Gasteiger partial charge is 0.396 e. The molecular formula is C10H22N2O2. The zero-order valence-electron chi connectivity index (χ0n) is 8.78. The van der Waals surface area contributed by atoms with E-state index in [1.807, 2.05) is 0 Å². The van der Waals surface area contributed by atoms with Crippen LogP contribution >= 0.6 is 0 Å². The van der Waals surface area contributed by atoms with E-state index in [1.165, 1.54) is 12.8 Å². The van der Waals surface area contributed by atoms with Crippen molar-refractivity contribution in [3.8, 4) is 0 Å². The van der Waals surface area contributed by atoms with E-state index in [0.29, 0.717) is 6.04 Å². The van der Waals surface area contributed by atoms with E-state index in [-0.39, 0.29) is 13.2 Å². The van der Waals surface area contributed by atoms with Crippen molar-refractivity contribution in [2.45, 2.75) is 25.3 Å². The van der Waals surface area contributed by atoms with Gasteiger partial charge in [-0.3, -0.25) is 4.90 Å². The summed E-state index contributed by atoms with van der Waals surface area (Å²) < 4.78 is 0. The summed E-state index contributed by atoms with van der Waals surface area (Å²) in [6, 6.07) is 0.543. The Bertz CT molecular complexity index is 142. The van der Waals surface area contributed by atoms with Crippen molar-refractivity contribution in [2.75, 3.05) is 39.4 Å². The van der Waals surface area contributed by atoms with Crippen molar-refractivity contribution < 1.29 is 10.2 Å². The molecule has 0 radical (unpaired) electrons. The molecule has 84 valence electrons. The molecule has 1 aliphatic rings. The zero-order chi connectivity index (χ0) is 10.2. The maximum atomic E-state index is 8.82. The van der Waals surface area contributed by atoms with Crippen LogP contribution in [0.4, 0.5) is 0 Å². The van der Waals surface area contributed by atoms with E-state index in [4.69, 9.17) is 10.2 Å². The van der Waals surface area contributed by atoms with Crippen molar-refractivity contribution >= 4 is 0 Å². The highest BCUT2D eigenvalue weighted by molar-refractivity contribution is 4.77. The van der Waals surface area contributed by atoms with Crippen LogP contribution in [0.5, 0.6) is 0 Å². The molecule has 0 aromatic carbocycles. The lowest BCUT2D eigenvalue weighted by Gasteiger charge is -2.32. The van der Waals surface area contributed by atoms with Gasteiger partial charge in [0.2, 0.25) is 0 Å². The third kappa shape index (κ3) is 4.37. The maximum Gasteiger partial charge on any atom is 0.0558 e. The van der Waals surface area contributed by atoms with Gasteiger partial charge in [0.05, 0.1) is 6.61 Å². The lowest BCUT2D eigenvalue weighted by atomic mass is 10.1. The van der Waals surface area contributed by atoms with Gasteiger partial charge < -0.3 is 15.5 Å². The van der Waals surface area contributed by atoms with Crippen LogP contribution in [-0.4, -0.2) is 60.5 Å². The van der Waals surface area contributed by atoms with Gasteiger partial charge in [-0.2, -0.15) is 0 Å². The predicted octanol–water partition coefficient (Wildman–Crippen LogP) is -0.585. The number of nitrogens with zero attached hydrogens (tertiary/aromatic N) is 1. The molecule has 0 bridgehead atoms. The minimum atomic E-state index is 0.253. The molecule has 1 atom stereocenters. The fraction of sp³-hybridized carbons (Fsp3) is 1.00. The second-order valence-electron chi connectivity index (χ2n) is 3.89. The van der Waals surface area contributed by atoms with E-state index in [1.54, 1.807) is 0 Å². The molecule has 0 saturated carbocycles. The molecule has 1 unspecified atom stereocenters. The van der Waals surface area contributed by atoms with Crippen molar-refractivity contribution in [3.63, 3.8) is 0 Å². The number of nitrogens with one attached hydrogen (secondary N) is 1. The Labute approximate surface area is 85.9 Å². The number of hydrogen-bond donors (Lipinski definition) is 3. The number of piperidine rings is 1. The number of hydrogen-bond acceptors (Lipinski definition) is 4. The first-order valence-electron chi connectivity index (χ1n) is 5.54. The minimum Gasteiger partial charge on any atom is -0.396 e. The third-order valence-corrected chi connectivity index (χ3v) is 2.69. The van der Waals surface area contributed by atoms with Crippen molar-refractivity contribution in [1.29, 1.82) is 0 Å². The summed E-state index contributed by atoms with van der Waals surface area (Å²) in [5, 5.41) is 20.9. The molecule has 1 aliphatic heterocycles. The van der Waals surface area contributed by atoms with Crippen LogP contribution < -0.4 is 5.32 Å². The molecule has 3 N–H and O–H groups in total. The van der Waals surface area contributed by atoms with E-state index >= 15 is 0 Å². The Kier molecular flexibility index (Phi) is 6.10. The first-order valence-corrected chi connectivity index (χ1v) is 5.54. The third-order valence-electron chi connectivity index (χ3n) is 2.69. The molecule has 4 nitrogen and oxygen atoms in total. The second-order valence-corrected chi connectivity index (χ2v) is 3.89. The van der Waals surface area contributed by atoms with Crippen molar-refractivity contribution in [1.82, 2.24) is 10.2 Å². The average Bonchev–Trinajstić information content (AvgIpc) is 2.19. The molecule has 4 heteroatoms. The summed E-state index contributed by atoms with van der Waals surface area (Å²) in [7, 11) is 0. The second kappa shape index (κ2) is 7.17. The molecule has 1 fully saturated rings. The van der Waals surface area contributed by atoms with Gasteiger partial charge in [0.15, 0.2) is 0 Å². The molecule has 0 aliphatic carbocycles. The SMILES string of the molecule is OCCCNC1CCCN(CCO)C1. The quantitative estimate of drug-likeness (QED) is 0.504. The fourth-order valence-electron chi connectivity index (χ4n) is 1.95. The molecule has 14 heavy (non-hydrogen) atoms. The molecule has 0 aromatic rings. The molecule has 0 aromatic heterocycles. The lowest BCUT2D eigenvalue weighted by Crippen LogP contribution is -2.46. The number of rotatable bonds is 6. The Hall–Kier alpha value is -0.160. The maximum absolute atomic E-state index is 8.82. The summed E-state index contributed by atoms with van der Waals surface area (Å²) in [5.74, 6) is 0. The Morgan fingerprint density at radius 3 is 2.86 bits per heavy atom. The van der Waals surface area contributed by atoms with Crippen LogP contribution in [0.3, 0.4) is 0 Å². The molecule has 1 saturated heterocycles. The summed E-state index contributed by atoms with van der Waals surface area (Å²) in [5.41, 5.74) is 0. The monoisotopic (exact) mass is 202 g/mol. The zero-order valence-corrected chi connectivity index (χ0v) is 8.78. The van der Waals surface area contributed by atoms with Crippen LogP contribution in [0.15, 0.2) is 0 Å². The van der Waals surface area contributed by atoms with Crippen LogP contribution in [0.25, 0.3) is 0 Å². The fourth-order valence-corrected chi connectivity index (χ4v) is 1.95. The summed E-state index contributed by atoms with van der Waals surface area (Å²) in [4.78, 5) is 2.29. The number of aliphatic hydroxyl groups excluding tert-OH is 2. The topological polar surface area (TPSA) is 55.7 Å². The number of β-amino-alcohol motifs (C(OH)–C–C–N with tert-alkyl or cyclic N) is 1. The lowest BCUT2D eigenvalue weighted by molar-refractivity contribution is 0.150. The van der Waals surface area contributed by atoms with Gasteiger partial charge in [0.25, 0.3) is 0 Å². The number of likely N-dealkylation sites (tertiary alicyclic amines) is 1. The van der Waals surface area contributed by atoms with E-state index in [2.05, 4.69) is 10.2 Å². The highest BCUT2D eigenvalue weighted by Gasteiger charge is 2.18. The first-order chi connectivity index (χ1) is 6.86. The molecule has 0 spiro atoms.